The maximum absolute atomic E-state index is 12.8. The van der Waals surface area contributed by atoms with Crippen LogP contribution in [0.3, 0.4) is 0 Å². The number of carbonyl (C=O) groups is 2. The normalized spacial score (nSPS) is 12.1. The van der Waals surface area contributed by atoms with Crippen molar-refractivity contribution in [3.63, 3.8) is 0 Å². The number of esters is 1. The molecule has 36 heavy (non-hydrogen) atoms. The summed E-state index contributed by atoms with van der Waals surface area (Å²) in [5.74, 6) is -1.04. The number of hydrogen-bond donors (Lipinski definition) is 2. The molecule has 182 valence electrons. The number of aryl methyl sites for hydroxylation is 2. The van der Waals surface area contributed by atoms with Crippen molar-refractivity contribution >= 4 is 39.4 Å². The Morgan fingerprint density at radius 3 is 2.42 bits per heavy atom. The molecule has 5 aromatic rings. The molecule has 8 nitrogen and oxygen atoms in total. The van der Waals surface area contributed by atoms with Crippen molar-refractivity contribution in [1.29, 1.82) is 0 Å². The minimum Gasteiger partial charge on any atom is -0.449 e. The van der Waals surface area contributed by atoms with Gasteiger partial charge in [0.2, 0.25) is 0 Å². The van der Waals surface area contributed by atoms with E-state index in [2.05, 4.69) is 33.9 Å². The fourth-order valence-electron chi connectivity index (χ4n) is 4.52. The number of amides is 1. The molecule has 0 saturated carbocycles. The first-order valence-electron chi connectivity index (χ1n) is 11.8. The Bertz CT molecular complexity index is 1660. The number of rotatable bonds is 6. The molecule has 2 aromatic heterocycles. The van der Waals surface area contributed by atoms with E-state index in [-0.39, 0.29) is 11.3 Å². The molecule has 1 atom stereocenters. The number of carbonyl (C=O) groups excluding carboxylic acids is 2. The fraction of sp³-hybridized carbons (Fsp3) is 0.179. The highest BCUT2D eigenvalue weighted by Crippen LogP contribution is 2.31. The predicted molar refractivity (Wildman–Crippen MR) is 140 cm³/mol. The van der Waals surface area contributed by atoms with E-state index in [1.54, 1.807) is 37.4 Å². The van der Waals surface area contributed by atoms with Gasteiger partial charge in [-0.25, -0.2) is 9.59 Å². The van der Waals surface area contributed by atoms with Crippen LogP contribution in [-0.2, 0) is 16.1 Å². The summed E-state index contributed by atoms with van der Waals surface area (Å²) in [7, 11) is 0. The average molecular weight is 483 g/mol. The first-order chi connectivity index (χ1) is 17.4. The maximum Gasteiger partial charge on any atom is 0.338 e. The number of ether oxygens (including phenoxy) is 1. The van der Waals surface area contributed by atoms with Crippen LogP contribution in [0.5, 0.6) is 0 Å². The summed E-state index contributed by atoms with van der Waals surface area (Å²) in [4.78, 5) is 40.0. The SMILES string of the molecule is CCn1c2ccccc2c2cc(NC(=O)C(C)OC(=O)c3ccc(-n4c(C)c[nH]c4=O)cc3)ccc21. The van der Waals surface area contributed by atoms with Crippen LogP contribution < -0.4 is 11.0 Å². The smallest absolute Gasteiger partial charge is 0.338 e. The molecule has 0 aliphatic rings. The zero-order valence-corrected chi connectivity index (χ0v) is 20.2. The van der Waals surface area contributed by atoms with Crippen molar-refractivity contribution in [1.82, 2.24) is 14.1 Å². The van der Waals surface area contributed by atoms with Gasteiger partial charge in [0.15, 0.2) is 6.10 Å². The molecule has 5 rings (SSSR count). The third kappa shape index (κ3) is 4.07. The second-order valence-corrected chi connectivity index (χ2v) is 8.65. The third-order valence-corrected chi connectivity index (χ3v) is 6.33. The van der Waals surface area contributed by atoms with E-state index in [0.29, 0.717) is 11.4 Å². The molecule has 0 spiro atoms. The number of nitrogens with zero attached hydrogens (tertiary/aromatic N) is 2. The Hall–Kier alpha value is -4.59. The number of hydrogen-bond acceptors (Lipinski definition) is 4. The topological polar surface area (TPSA) is 98.1 Å². The van der Waals surface area contributed by atoms with Crippen LogP contribution in [0.1, 0.15) is 29.9 Å². The molecule has 8 heteroatoms. The highest BCUT2D eigenvalue weighted by atomic mass is 16.5. The number of fused-ring (bicyclic) bond motifs is 3. The summed E-state index contributed by atoms with van der Waals surface area (Å²) in [5.41, 5.74) is 4.27. The van der Waals surface area contributed by atoms with E-state index in [4.69, 9.17) is 4.74 Å². The van der Waals surface area contributed by atoms with Crippen molar-refractivity contribution in [3.8, 4) is 5.69 Å². The van der Waals surface area contributed by atoms with Crippen molar-refractivity contribution in [2.45, 2.75) is 33.4 Å². The molecule has 1 unspecified atom stereocenters. The van der Waals surface area contributed by atoms with E-state index < -0.39 is 18.0 Å². The van der Waals surface area contributed by atoms with Crippen LogP contribution in [0.4, 0.5) is 5.69 Å². The number of anilines is 1. The molecule has 0 aliphatic heterocycles. The second kappa shape index (κ2) is 9.22. The van der Waals surface area contributed by atoms with E-state index >= 15 is 0 Å². The summed E-state index contributed by atoms with van der Waals surface area (Å²) in [6, 6.07) is 20.4. The number of imidazole rings is 1. The molecule has 2 N–H and O–H groups in total. The van der Waals surface area contributed by atoms with Crippen LogP contribution >= 0.6 is 0 Å². The predicted octanol–water partition coefficient (Wildman–Crippen LogP) is 4.79. The van der Waals surface area contributed by atoms with Crippen LogP contribution in [0.25, 0.3) is 27.5 Å². The minimum absolute atomic E-state index is 0.259. The van der Waals surface area contributed by atoms with Gasteiger partial charge >= 0.3 is 11.7 Å². The van der Waals surface area contributed by atoms with Crippen molar-refractivity contribution < 1.29 is 14.3 Å². The van der Waals surface area contributed by atoms with E-state index in [9.17, 15) is 14.4 Å². The lowest BCUT2D eigenvalue weighted by Gasteiger charge is -2.14. The molecule has 3 aromatic carbocycles. The highest BCUT2D eigenvalue weighted by molar-refractivity contribution is 6.10. The monoisotopic (exact) mass is 482 g/mol. The number of aromatic amines is 1. The zero-order valence-electron chi connectivity index (χ0n) is 20.2. The minimum atomic E-state index is -1.00. The third-order valence-electron chi connectivity index (χ3n) is 6.33. The number of para-hydroxylation sites is 1. The first kappa shape index (κ1) is 23.2. The van der Waals surface area contributed by atoms with Crippen molar-refractivity contribution in [3.05, 3.63) is 94.7 Å². The summed E-state index contributed by atoms with van der Waals surface area (Å²) >= 11 is 0. The van der Waals surface area contributed by atoms with Gasteiger partial charge in [-0.05, 0) is 69.3 Å². The van der Waals surface area contributed by atoms with Crippen molar-refractivity contribution in [2.24, 2.45) is 0 Å². The van der Waals surface area contributed by atoms with Gasteiger partial charge in [-0.1, -0.05) is 18.2 Å². The molecule has 0 aliphatic carbocycles. The number of H-pyrrole nitrogens is 1. The largest absolute Gasteiger partial charge is 0.449 e. The van der Waals surface area contributed by atoms with Gasteiger partial charge in [0, 0.05) is 45.9 Å². The molecule has 0 radical (unpaired) electrons. The molecule has 0 saturated heterocycles. The van der Waals surface area contributed by atoms with Gasteiger partial charge in [0.05, 0.1) is 11.3 Å². The Morgan fingerprint density at radius 1 is 1.00 bits per heavy atom. The summed E-state index contributed by atoms with van der Waals surface area (Å²) < 4.78 is 9.13. The molecule has 0 bridgehead atoms. The van der Waals surface area contributed by atoms with Gasteiger partial charge in [-0.3, -0.25) is 9.36 Å². The molecular weight excluding hydrogens is 456 g/mol. The molecule has 2 heterocycles. The number of aromatic nitrogens is 3. The second-order valence-electron chi connectivity index (χ2n) is 8.65. The molecular formula is C28H26N4O4. The van der Waals surface area contributed by atoms with Gasteiger partial charge in [-0.15, -0.1) is 0 Å². The molecule has 0 fully saturated rings. The molecule has 1 amide bonds. The Kier molecular flexibility index (Phi) is 5.93. The zero-order chi connectivity index (χ0) is 25.4. The summed E-state index contributed by atoms with van der Waals surface area (Å²) in [6.07, 6.45) is 0.615. The van der Waals surface area contributed by atoms with Gasteiger partial charge in [0.1, 0.15) is 0 Å². The lowest BCUT2D eigenvalue weighted by Crippen LogP contribution is -2.30. The number of benzene rings is 3. The summed E-state index contributed by atoms with van der Waals surface area (Å²) in [6.45, 7) is 6.28. The number of nitrogens with one attached hydrogen (secondary N) is 2. The van der Waals surface area contributed by atoms with Gasteiger partial charge in [0.25, 0.3) is 5.91 Å². The van der Waals surface area contributed by atoms with E-state index in [1.165, 1.54) is 11.5 Å². The highest BCUT2D eigenvalue weighted by Gasteiger charge is 2.20. The van der Waals surface area contributed by atoms with Crippen LogP contribution in [0.2, 0.25) is 0 Å². The Morgan fingerprint density at radius 2 is 1.72 bits per heavy atom. The van der Waals surface area contributed by atoms with Crippen LogP contribution in [0.15, 0.2) is 77.7 Å². The Labute approximate surface area is 207 Å². The van der Waals surface area contributed by atoms with E-state index in [0.717, 1.165) is 34.0 Å². The standard InChI is InChI=1S/C28H26N4O4/c1-4-31-24-8-6-5-7-22(24)23-15-20(11-14-25(23)31)30-26(33)18(3)36-27(34)19-9-12-21(13-10-19)32-17(2)16-29-28(32)35/h5-16,18H,4H2,1-3H3,(H,29,35)(H,30,33). The lowest BCUT2D eigenvalue weighted by molar-refractivity contribution is -0.123. The lowest BCUT2D eigenvalue weighted by atomic mass is 10.1. The average Bonchev–Trinajstić information content (AvgIpc) is 3.39. The van der Waals surface area contributed by atoms with Crippen LogP contribution in [0, 0.1) is 6.92 Å². The van der Waals surface area contributed by atoms with Gasteiger partial charge in [-0.2, -0.15) is 0 Å². The fourth-order valence-corrected chi connectivity index (χ4v) is 4.52. The first-order valence-corrected chi connectivity index (χ1v) is 11.8. The summed E-state index contributed by atoms with van der Waals surface area (Å²) in [5, 5.41) is 5.02. The van der Waals surface area contributed by atoms with Crippen LogP contribution in [-0.4, -0.2) is 32.1 Å². The Balaban J connectivity index is 1.29. The van der Waals surface area contributed by atoms with Gasteiger partial charge < -0.3 is 19.6 Å². The van der Waals surface area contributed by atoms with E-state index in [1.807, 2.05) is 30.3 Å². The maximum atomic E-state index is 12.8. The quantitative estimate of drug-likeness (QED) is 0.340. The van der Waals surface area contributed by atoms with Crippen molar-refractivity contribution in [2.75, 3.05) is 5.32 Å².